The van der Waals surface area contributed by atoms with E-state index in [1.54, 1.807) is 0 Å². The molecule has 0 saturated carbocycles. The topological polar surface area (TPSA) is 35.5 Å². The standard InChI is InChI=1S/CH2O.2Cl2O/c1-2;2*1-3-2/h1H2;;. The van der Waals surface area contributed by atoms with Crippen molar-refractivity contribution in [2.75, 3.05) is 0 Å². The zero-order chi connectivity index (χ0) is 7.41. The first-order valence-electron chi connectivity index (χ1n) is 0.906. The molecule has 0 aliphatic heterocycles. The third kappa shape index (κ3) is 397. The van der Waals surface area contributed by atoms with Crippen LogP contribution >= 0.6 is 47.5 Å². The van der Waals surface area contributed by atoms with Crippen LogP contribution in [0.15, 0.2) is 0 Å². The van der Waals surface area contributed by atoms with Gasteiger partial charge >= 0.3 is 0 Å². The molecule has 7 heteroatoms. The lowest BCUT2D eigenvalue weighted by Gasteiger charge is -1.46. The average Bonchev–Trinajstić information content (AvgIpc) is 1.75. The lowest BCUT2D eigenvalue weighted by molar-refractivity contribution is -0.0979. The van der Waals surface area contributed by atoms with Crippen LogP contribution in [0.5, 0.6) is 0 Å². The molecule has 8 heavy (non-hydrogen) atoms. The molecule has 0 aromatic heterocycles. The number of hydrogen-bond acceptors (Lipinski definition) is 3. The fourth-order valence-electron chi connectivity index (χ4n) is 0. The summed E-state index contributed by atoms with van der Waals surface area (Å²) in [5, 5.41) is 0. The van der Waals surface area contributed by atoms with Crippen LogP contribution in [0, 0.1) is 0 Å². The van der Waals surface area contributed by atoms with E-state index in [0.29, 0.717) is 0 Å². The first kappa shape index (κ1) is 15.9. The van der Waals surface area contributed by atoms with E-state index in [4.69, 9.17) is 4.79 Å². The van der Waals surface area contributed by atoms with E-state index in [9.17, 15) is 0 Å². The second-order valence-electron chi connectivity index (χ2n) is 0.117. The smallest absolute Gasteiger partial charge is 0.106 e. The lowest BCUT2D eigenvalue weighted by atomic mass is 11.9. The summed E-state index contributed by atoms with van der Waals surface area (Å²) in [7, 11) is 0. The van der Waals surface area contributed by atoms with Gasteiger partial charge in [0, 0.05) is 0 Å². The van der Waals surface area contributed by atoms with Gasteiger partial charge < -0.3 is 4.79 Å². The summed E-state index contributed by atoms with van der Waals surface area (Å²) in [5.74, 6) is 0. The van der Waals surface area contributed by atoms with Crippen molar-refractivity contribution in [3.8, 4) is 0 Å². The third-order valence-electron chi connectivity index (χ3n) is 0. The highest BCUT2D eigenvalue weighted by atomic mass is 35.6. The molecule has 0 saturated heterocycles. The van der Waals surface area contributed by atoms with E-state index in [-0.39, 0.29) is 0 Å². The normalized spacial score (nSPS) is 5.00. The molecule has 0 rings (SSSR count). The Kier molecular flexibility index (Phi) is 92.8. The fraction of sp³-hybridized carbons (Fsp3) is 0. The molecular weight excluding hydrogens is 202 g/mol. The molecule has 0 fully saturated rings. The van der Waals surface area contributed by atoms with Crippen LogP contribution in [-0.4, -0.2) is 6.79 Å². The van der Waals surface area contributed by atoms with Crippen LogP contribution in [0.25, 0.3) is 0 Å². The molecule has 0 radical (unpaired) electrons. The maximum absolute atomic E-state index is 8.00. The van der Waals surface area contributed by atoms with Gasteiger partial charge in [0.15, 0.2) is 0 Å². The molecule has 52 valence electrons. The molecule has 0 N–H and O–H groups in total. The van der Waals surface area contributed by atoms with Crippen molar-refractivity contribution in [2.24, 2.45) is 0 Å². The van der Waals surface area contributed by atoms with Crippen molar-refractivity contribution in [3.63, 3.8) is 0 Å². The number of rotatable bonds is 0. The summed E-state index contributed by atoms with van der Waals surface area (Å²) in [5.41, 5.74) is 0. The Balaban J connectivity index is -0.0000000483. The summed E-state index contributed by atoms with van der Waals surface area (Å²) in [6.45, 7) is 2.00. The van der Waals surface area contributed by atoms with E-state index in [0.717, 1.165) is 0 Å². The van der Waals surface area contributed by atoms with Gasteiger partial charge in [0.1, 0.15) is 6.79 Å². The van der Waals surface area contributed by atoms with Crippen molar-refractivity contribution in [1.29, 1.82) is 0 Å². The van der Waals surface area contributed by atoms with Crippen molar-refractivity contribution in [1.82, 2.24) is 0 Å². The van der Waals surface area contributed by atoms with Gasteiger partial charge in [0.05, 0.1) is 47.5 Å². The number of carbonyl (C=O) groups excluding carboxylic acids is 1. The van der Waals surface area contributed by atoms with Gasteiger partial charge in [-0.25, -0.2) is 0 Å². The number of hydrogen-bond donors (Lipinski definition) is 0. The maximum atomic E-state index is 8.00. The first-order valence-corrected chi connectivity index (χ1v) is 2.14. The second kappa shape index (κ2) is 46.7. The quantitative estimate of drug-likeness (QED) is 0.607. The highest BCUT2D eigenvalue weighted by Gasteiger charge is 1.38. The molecule has 0 heterocycles. The minimum absolute atomic E-state index is 2.00. The molecule has 0 aliphatic carbocycles. The Morgan fingerprint density at radius 1 is 0.875 bits per heavy atom. The second-order valence-corrected chi connectivity index (χ2v) is 1.05. The van der Waals surface area contributed by atoms with Crippen LogP contribution in [0.1, 0.15) is 0 Å². The van der Waals surface area contributed by atoms with Gasteiger partial charge in [0.25, 0.3) is 0 Å². The Bertz CT molecular complexity index is 18.8. The van der Waals surface area contributed by atoms with E-state index in [1.807, 2.05) is 6.79 Å². The van der Waals surface area contributed by atoms with Crippen molar-refractivity contribution >= 4 is 54.3 Å². The summed E-state index contributed by atoms with van der Waals surface area (Å²) in [4.78, 5) is 8.00. The molecule has 0 aromatic rings. The van der Waals surface area contributed by atoms with Crippen molar-refractivity contribution in [3.05, 3.63) is 0 Å². The molecule has 0 aliphatic rings. The highest BCUT2D eigenvalue weighted by molar-refractivity contribution is 6.24. The van der Waals surface area contributed by atoms with Gasteiger partial charge in [-0.15, -0.1) is 0 Å². The van der Waals surface area contributed by atoms with Crippen molar-refractivity contribution < 1.29 is 12.5 Å². The van der Waals surface area contributed by atoms with E-state index in [1.165, 1.54) is 0 Å². The predicted octanol–water partition coefficient (Wildman–Crippen LogP) is 2.44. The molecule has 3 nitrogen and oxygen atoms in total. The number of carbonyl (C=O) groups is 1. The van der Waals surface area contributed by atoms with E-state index < -0.39 is 0 Å². The zero-order valence-corrected chi connectivity index (χ0v) is 6.47. The molecule has 0 amide bonds. The summed E-state index contributed by atoms with van der Waals surface area (Å²) in [6, 6.07) is 0. The Morgan fingerprint density at radius 3 is 0.875 bits per heavy atom. The van der Waals surface area contributed by atoms with Crippen LogP contribution in [0.3, 0.4) is 0 Å². The van der Waals surface area contributed by atoms with Gasteiger partial charge in [-0.2, -0.15) is 7.68 Å². The molecule has 0 unspecified atom stereocenters. The lowest BCUT2D eigenvalue weighted by Crippen LogP contribution is -1.15. The zero-order valence-electron chi connectivity index (χ0n) is 3.44. The number of halogens is 4. The third-order valence-corrected chi connectivity index (χ3v) is 0. The van der Waals surface area contributed by atoms with Gasteiger partial charge in [-0.3, -0.25) is 0 Å². The monoisotopic (exact) mass is 202 g/mol. The van der Waals surface area contributed by atoms with Gasteiger partial charge in [-0.05, 0) is 0 Å². The minimum atomic E-state index is 2.00. The van der Waals surface area contributed by atoms with Gasteiger partial charge in [0.2, 0.25) is 0 Å². The molecule has 0 aromatic carbocycles. The fourth-order valence-corrected chi connectivity index (χ4v) is 0. The van der Waals surface area contributed by atoms with E-state index in [2.05, 4.69) is 55.1 Å². The SMILES string of the molecule is C=O.ClOCl.ClOCl. The maximum Gasteiger partial charge on any atom is 0.106 e. The predicted molar refractivity (Wildman–Crippen MR) is 32.7 cm³/mol. The molecule has 0 bridgehead atoms. The summed E-state index contributed by atoms with van der Waals surface area (Å²) in [6.07, 6.45) is 0. The molecular formula is CH2Cl4O3. The minimum Gasteiger partial charge on any atom is -0.307 e. The van der Waals surface area contributed by atoms with Crippen LogP contribution in [0.4, 0.5) is 0 Å². The Labute approximate surface area is 67.0 Å². The van der Waals surface area contributed by atoms with E-state index >= 15 is 0 Å². The van der Waals surface area contributed by atoms with Gasteiger partial charge in [-0.1, -0.05) is 0 Å². The Morgan fingerprint density at radius 2 is 0.875 bits per heavy atom. The highest BCUT2D eigenvalue weighted by Crippen LogP contribution is 1.78. The summed E-state index contributed by atoms with van der Waals surface area (Å²) < 4.78 is 6.39. The first-order chi connectivity index (χ1) is 3.83. The van der Waals surface area contributed by atoms with Crippen molar-refractivity contribution in [2.45, 2.75) is 0 Å². The molecule has 0 spiro atoms. The Hall–Kier alpha value is 0.750. The van der Waals surface area contributed by atoms with Crippen LogP contribution < -0.4 is 0 Å². The van der Waals surface area contributed by atoms with Crippen LogP contribution in [0.2, 0.25) is 0 Å². The molecule has 0 atom stereocenters. The average molecular weight is 204 g/mol. The largest absolute Gasteiger partial charge is 0.307 e. The van der Waals surface area contributed by atoms with Crippen LogP contribution in [-0.2, 0) is 12.5 Å². The summed E-state index contributed by atoms with van der Waals surface area (Å²) >= 11 is 17.1.